The lowest BCUT2D eigenvalue weighted by atomic mass is 9.97. The Hall–Kier alpha value is -1.45. The van der Waals surface area contributed by atoms with Crippen LogP contribution in [-0.4, -0.2) is 6.54 Å². The Kier molecular flexibility index (Phi) is 4.73. The van der Waals surface area contributed by atoms with Crippen molar-refractivity contribution in [3.8, 4) is 0 Å². The summed E-state index contributed by atoms with van der Waals surface area (Å²) >= 11 is 5.70. The fourth-order valence-corrected chi connectivity index (χ4v) is 2.23. The molecule has 0 aliphatic heterocycles. The third kappa shape index (κ3) is 3.17. The minimum atomic E-state index is -0.473. The summed E-state index contributed by atoms with van der Waals surface area (Å²) < 4.78 is 27.3. The van der Waals surface area contributed by atoms with E-state index in [2.05, 4.69) is 5.32 Å². The molecule has 1 atom stereocenters. The van der Waals surface area contributed by atoms with Crippen LogP contribution in [0.4, 0.5) is 8.78 Å². The largest absolute Gasteiger partial charge is 0.307 e. The first-order chi connectivity index (χ1) is 9.52. The molecule has 0 spiro atoms. The maximum atomic E-state index is 13.7. The van der Waals surface area contributed by atoms with Crippen LogP contribution in [0.2, 0.25) is 5.02 Å². The van der Waals surface area contributed by atoms with E-state index in [0.29, 0.717) is 12.1 Å². The lowest BCUT2D eigenvalue weighted by Gasteiger charge is -2.19. The second-order valence-electron chi connectivity index (χ2n) is 4.67. The van der Waals surface area contributed by atoms with Crippen LogP contribution >= 0.6 is 11.6 Å². The highest BCUT2D eigenvalue weighted by Gasteiger charge is 2.15. The second kappa shape index (κ2) is 6.33. The van der Waals surface area contributed by atoms with Gasteiger partial charge in [-0.3, -0.25) is 0 Å². The van der Waals surface area contributed by atoms with E-state index in [1.165, 1.54) is 18.2 Å². The van der Waals surface area contributed by atoms with Crippen molar-refractivity contribution >= 4 is 11.6 Å². The summed E-state index contributed by atoms with van der Waals surface area (Å²) in [6.45, 7) is 4.34. The van der Waals surface area contributed by atoms with Crippen LogP contribution < -0.4 is 5.32 Å². The first kappa shape index (κ1) is 14.9. The Morgan fingerprint density at radius 2 is 1.65 bits per heavy atom. The van der Waals surface area contributed by atoms with E-state index in [9.17, 15) is 8.78 Å². The summed E-state index contributed by atoms with van der Waals surface area (Å²) in [6.07, 6.45) is 0. The molecule has 2 aromatic rings. The molecule has 4 heteroatoms. The molecule has 106 valence electrons. The van der Waals surface area contributed by atoms with Gasteiger partial charge >= 0.3 is 0 Å². The quantitative estimate of drug-likeness (QED) is 0.867. The summed E-state index contributed by atoms with van der Waals surface area (Å²) in [5, 5.41) is 3.31. The van der Waals surface area contributed by atoms with Gasteiger partial charge in [0.25, 0.3) is 0 Å². The van der Waals surface area contributed by atoms with Crippen LogP contribution in [-0.2, 0) is 0 Å². The SMILES string of the molecule is CCNC(c1ccc(C)c(F)c1)c1ccc(Cl)c(F)c1. The standard InChI is InChI=1S/C16H16ClF2N/c1-3-20-16(11-5-4-10(2)14(18)8-11)12-6-7-13(17)15(19)9-12/h4-9,16,20H,3H2,1-2H3. The summed E-state index contributed by atoms with van der Waals surface area (Å²) in [5.74, 6) is -0.737. The molecule has 0 fully saturated rings. The predicted octanol–water partition coefficient (Wildman–Crippen LogP) is 4.63. The van der Waals surface area contributed by atoms with Crippen LogP contribution in [0.15, 0.2) is 36.4 Å². The molecule has 1 nitrogen and oxygen atoms in total. The molecule has 0 amide bonds. The van der Waals surface area contributed by atoms with E-state index < -0.39 is 5.82 Å². The molecule has 2 rings (SSSR count). The van der Waals surface area contributed by atoms with Crippen molar-refractivity contribution in [2.45, 2.75) is 19.9 Å². The number of rotatable bonds is 4. The number of benzene rings is 2. The topological polar surface area (TPSA) is 12.0 Å². The highest BCUT2D eigenvalue weighted by molar-refractivity contribution is 6.30. The predicted molar refractivity (Wildman–Crippen MR) is 78.1 cm³/mol. The van der Waals surface area contributed by atoms with Gasteiger partial charge in [0.2, 0.25) is 0 Å². The summed E-state index contributed by atoms with van der Waals surface area (Å²) in [6, 6.07) is 9.43. The zero-order chi connectivity index (χ0) is 14.7. The van der Waals surface area contributed by atoms with Crippen molar-refractivity contribution in [3.05, 3.63) is 69.7 Å². The number of hydrogen-bond donors (Lipinski definition) is 1. The molecule has 2 aromatic carbocycles. The highest BCUT2D eigenvalue weighted by Crippen LogP contribution is 2.26. The van der Waals surface area contributed by atoms with E-state index in [4.69, 9.17) is 11.6 Å². The monoisotopic (exact) mass is 295 g/mol. The Bertz CT molecular complexity index is 562. The van der Waals surface area contributed by atoms with Crippen molar-refractivity contribution in [2.75, 3.05) is 6.54 Å². The Morgan fingerprint density at radius 1 is 1.05 bits per heavy atom. The molecular formula is C16H16ClF2N. The Balaban J connectivity index is 2.44. The molecule has 0 heterocycles. The fourth-order valence-electron chi connectivity index (χ4n) is 2.11. The molecule has 1 N–H and O–H groups in total. The van der Waals surface area contributed by atoms with Crippen LogP contribution in [0, 0.1) is 18.6 Å². The lowest BCUT2D eigenvalue weighted by molar-refractivity contribution is 0.589. The summed E-state index contributed by atoms with van der Waals surface area (Å²) in [5.41, 5.74) is 2.07. The summed E-state index contributed by atoms with van der Waals surface area (Å²) in [4.78, 5) is 0. The number of nitrogens with one attached hydrogen (secondary N) is 1. The zero-order valence-corrected chi connectivity index (χ0v) is 12.1. The third-order valence-corrected chi connectivity index (χ3v) is 3.52. The zero-order valence-electron chi connectivity index (χ0n) is 11.4. The van der Waals surface area contributed by atoms with Crippen LogP contribution in [0.3, 0.4) is 0 Å². The average molecular weight is 296 g/mol. The molecule has 0 radical (unpaired) electrons. The lowest BCUT2D eigenvalue weighted by Crippen LogP contribution is -2.22. The molecule has 20 heavy (non-hydrogen) atoms. The third-order valence-electron chi connectivity index (χ3n) is 3.21. The van der Waals surface area contributed by atoms with Gasteiger partial charge in [-0.15, -0.1) is 0 Å². The fraction of sp³-hybridized carbons (Fsp3) is 0.250. The molecule has 1 unspecified atom stereocenters. The minimum absolute atomic E-state index is 0.0825. The van der Waals surface area contributed by atoms with E-state index in [0.717, 1.165) is 11.1 Å². The molecule has 0 saturated heterocycles. The molecule has 0 saturated carbocycles. The molecule has 0 aliphatic rings. The van der Waals surface area contributed by atoms with Gasteiger partial charge in [0.1, 0.15) is 11.6 Å². The van der Waals surface area contributed by atoms with Crippen LogP contribution in [0.5, 0.6) is 0 Å². The van der Waals surface area contributed by atoms with Gasteiger partial charge in [-0.25, -0.2) is 8.78 Å². The van der Waals surface area contributed by atoms with E-state index in [1.54, 1.807) is 19.1 Å². The number of aryl methyl sites for hydroxylation is 1. The van der Waals surface area contributed by atoms with Crippen LogP contribution in [0.1, 0.15) is 29.7 Å². The van der Waals surface area contributed by atoms with Gasteiger partial charge in [-0.1, -0.05) is 36.7 Å². The van der Waals surface area contributed by atoms with Gasteiger partial charge in [-0.2, -0.15) is 0 Å². The van der Waals surface area contributed by atoms with Gasteiger partial charge in [0, 0.05) is 0 Å². The second-order valence-corrected chi connectivity index (χ2v) is 5.08. The first-order valence-corrected chi connectivity index (χ1v) is 6.85. The molecule has 0 aliphatic carbocycles. The Labute approximate surface area is 122 Å². The van der Waals surface area contributed by atoms with Crippen molar-refractivity contribution in [1.29, 1.82) is 0 Å². The highest BCUT2D eigenvalue weighted by atomic mass is 35.5. The van der Waals surface area contributed by atoms with Crippen molar-refractivity contribution in [3.63, 3.8) is 0 Å². The average Bonchev–Trinajstić information content (AvgIpc) is 2.43. The minimum Gasteiger partial charge on any atom is -0.307 e. The molecular weight excluding hydrogens is 280 g/mol. The van der Waals surface area contributed by atoms with Gasteiger partial charge < -0.3 is 5.32 Å². The van der Waals surface area contributed by atoms with Gasteiger partial charge in [0.05, 0.1) is 11.1 Å². The Morgan fingerprint density at radius 3 is 2.20 bits per heavy atom. The normalized spacial score (nSPS) is 12.4. The van der Waals surface area contributed by atoms with Crippen molar-refractivity contribution < 1.29 is 8.78 Å². The van der Waals surface area contributed by atoms with Gasteiger partial charge in [0.15, 0.2) is 0 Å². The van der Waals surface area contributed by atoms with Crippen molar-refractivity contribution in [2.24, 2.45) is 0 Å². The molecule has 0 aromatic heterocycles. The number of hydrogen-bond acceptors (Lipinski definition) is 1. The van der Waals surface area contributed by atoms with E-state index in [1.807, 2.05) is 13.0 Å². The molecule has 0 bridgehead atoms. The first-order valence-electron chi connectivity index (χ1n) is 6.47. The maximum Gasteiger partial charge on any atom is 0.142 e. The van der Waals surface area contributed by atoms with E-state index in [-0.39, 0.29) is 16.9 Å². The van der Waals surface area contributed by atoms with Crippen molar-refractivity contribution in [1.82, 2.24) is 5.32 Å². The van der Waals surface area contributed by atoms with Crippen LogP contribution in [0.25, 0.3) is 0 Å². The summed E-state index contributed by atoms with van der Waals surface area (Å²) in [7, 11) is 0. The number of halogens is 3. The smallest absolute Gasteiger partial charge is 0.142 e. The van der Waals surface area contributed by atoms with Gasteiger partial charge in [-0.05, 0) is 48.4 Å². The maximum absolute atomic E-state index is 13.7. The van der Waals surface area contributed by atoms with E-state index >= 15 is 0 Å².